The maximum absolute atomic E-state index is 13.3. The minimum absolute atomic E-state index is 0.00677. The molecule has 0 saturated carbocycles. The second-order valence-electron chi connectivity index (χ2n) is 8.65. The number of nitrogens with zero attached hydrogens (tertiary/aromatic N) is 2. The summed E-state index contributed by atoms with van der Waals surface area (Å²) in [5.41, 5.74) is 2.43. The first-order chi connectivity index (χ1) is 16.0. The van der Waals surface area contributed by atoms with Gasteiger partial charge in [0.2, 0.25) is 17.7 Å². The van der Waals surface area contributed by atoms with Crippen molar-refractivity contribution in [1.82, 2.24) is 4.90 Å². The van der Waals surface area contributed by atoms with E-state index in [1.165, 1.54) is 0 Å². The molecule has 3 amide bonds. The van der Waals surface area contributed by atoms with Crippen LogP contribution in [0.3, 0.4) is 0 Å². The quantitative estimate of drug-likeness (QED) is 0.657. The summed E-state index contributed by atoms with van der Waals surface area (Å²) in [5.74, 6) is 0.217. The molecular weight excluding hydrogens is 418 g/mol. The SMILES string of the molecule is CCCCN1C(=O)C[C@@H](C(=O)Nc2ccc(N3CCCC3=O)cc2)[C@H]1c1ccc(OC)cc1. The summed E-state index contributed by atoms with van der Waals surface area (Å²) < 4.78 is 5.27. The molecule has 1 N–H and O–H groups in total. The number of likely N-dealkylation sites (tertiary alicyclic amines) is 1. The van der Waals surface area contributed by atoms with Gasteiger partial charge in [0.25, 0.3) is 0 Å². The van der Waals surface area contributed by atoms with Gasteiger partial charge in [-0.2, -0.15) is 0 Å². The van der Waals surface area contributed by atoms with E-state index in [0.717, 1.165) is 42.8 Å². The van der Waals surface area contributed by atoms with Gasteiger partial charge in [-0.25, -0.2) is 0 Å². The van der Waals surface area contributed by atoms with Crippen molar-refractivity contribution in [2.45, 2.75) is 45.1 Å². The number of ether oxygens (including phenoxy) is 1. The van der Waals surface area contributed by atoms with Gasteiger partial charge in [0.15, 0.2) is 0 Å². The Morgan fingerprint density at radius 3 is 2.39 bits per heavy atom. The molecule has 2 aliphatic heterocycles. The molecule has 2 heterocycles. The summed E-state index contributed by atoms with van der Waals surface area (Å²) in [6.07, 6.45) is 3.50. The molecule has 33 heavy (non-hydrogen) atoms. The largest absolute Gasteiger partial charge is 0.497 e. The zero-order chi connectivity index (χ0) is 23.4. The van der Waals surface area contributed by atoms with Crippen LogP contribution in [0.15, 0.2) is 48.5 Å². The molecule has 0 spiro atoms. The Bertz CT molecular complexity index is 1000. The van der Waals surface area contributed by atoms with Crippen molar-refractivity contribution < 1.29 is 19.1 Å². The van der Waals surface area contributed by atoms with Crippen molar-refractivity contribution in [3.63, 3.8) is 0 Å². The van der Waals surface area contributed by atoms with Crippen LogP contribution in [0.5, 0.6) is 5.75 Å². The average molecular weight is 450 g/mol. The third-order valence-corrected chi connectivity index (χ3v) is 6.50. The molecule has 2 saturated heterocycles. The lowest BCUT2D eigenvalue weighted by Crippen LogP contribution is -2.33. The Morgan fingerprint density at radius 1 is 1.06 bits per heavy atom. The third-order valence-electron chi connectivity index (χ3n) is 6.50. The van der Waals surface area contributed by atoms with Gasteiger partial charge in [-0.1, -0.05) is 25.5 Å². The molecule has 2 aromatic carbocycles. The molecule has 0 radical (unpaired) electrons. The van der Waals surface area contributed by atoms with Crippen LogP contribution in [-0.2, 0) is 14.4 Å². The number of amides is 3. The molecule has 2 fully saturated rings. The van der Waals surface area contributed by atoms with Crippen molar-refractivity contribution in [2.75, 3.05) is 30.4 Å². The number of rotatable bonds is 8. The molecule has 0 aliphatic carbocycles. The normalized spacial score (nSPS) is 20.4. The van der Waals surface area contributed by atoms with Crippen LogP contribution in [0.1, 0.15) is 50.6 Å². The predicted octanol–water partition coefficient (Wildman–Crippen LogP) is 4.15. The number of anilines is 2. The van der Waals surface area contributed by atoms with Crippen molar-refractivity contribution in [3.05, 3.63) is 54.1 Å². The Balaban J connectivity index is 1.52. The highest BCUT2D eigenvalue weighted by Crippen LogP contribution is 2.39. The summed E-state index contributed by atoms with van der Waals surface area (Å²) in [5, 5.41) is 2.99. The highest BCUT2D eigenvalue weighted by atomic mass is 16.5. The van der Waals surface area contributed by atoms with E-state index in [9.17, 15) is 14.4 Å². The van der Waals surface area contributed by atoms with Crippen LogP contribution in [-0.4, -0.2) is 42.8 Å². The smallest absolute Gasteiger partial charge is 0.230 e. The van der Waals surface area contributed by atoms with Crippen LogP contribution in [0, 0.1) is 5.92 Å². The van der Waals surface area contributed by atoms with Crippen molar-refractivity contribution >= 4 is 29.1 Å². The van der Waals surface area contributed by atoms with E-state index in [-0.39, 0.29) is 30.2 Å². The monoisotopic (exact) mass is 449 g/mol. The Hall–Kier alpha value is -3.35. The lowest BCUT2D eigenvalue weighted by atomic mass is 9.92. The molecule has 0 aromatic heterocycles. The topological polar surface area (TPSA) is 79.0 Å². The van der Waals surface area contributed by atoms with Gasteiger partial charge >= 0.3 is 0 Å². The molecule has 7 nitrogen and oxygen atoms in total. The number of methoxy groups -OCH3 is 1. The van der Waals surface area contributed by atoms with E-state index >= 15 is 0 Å². The fraction of sp³-hybridized carbons (Fsp3) is 0.423. The van der Waals surface area contributed by atoms with E-state index in [0.29, 0.717) is 18.7 Å². The second kappa shape index (κ2) is 10.1. The van der Waals surface area contributed by atoms with Gasteiger partial charge in [0.05, 0.1) is 19.1 Å². The van der Waals surface area contributed by atoms with E-state index < -0.39 is 5.92 Å². The average Bonchev–Trinajstić information content (AvgIpc) is 3.41. The summed E-state index contributed by atoms with van der Waals surface area (Å²) >= 11 is 0. The molecule has 2 aliphatic rings. The number of hydrogen-bond donors (Lipinski definition) is 1. The molecule has 4 rings (SSSR count). The molecule has 0 bridgehead atoms. The summed E-state index contributed by atoms with van der Waals surface area (Å²) in [6.45, 7) is 3.45. The molecule has 2 atom stereocenters. The summed E-state index contributed by atoms with van der Waals surface area (Å²) in [7, 11) is 1.61. The summed E-state index contributed by atoms with van der Waals surface area (Å²) in [6, 6.07) is 14.6. The van der Waals surface area contributed by atoms with Crippen LogP contribution in [0.25, 0.3) is 0 Å². The number of hydrogen-bond acceptors (Lipinski definition) is 4. The first kappa shape index (κ1) is 22.8. The Labute approximate surface area is 194 Å². The van der Waals surface area contributed by atoms with Gasteiger partial charge in [0, 0.05) is 37.3 Å². The van der Waals surface area contributed by atoms with Gasteiger partial charge in [-0.15, -0.1) is 0 Å². The molecule has 174 valence electrons. The molecule has 0 unspecified atom stereocenters. The minimum Gasteiger partial charge on any atom is -0.497 e. The zero-order valence-corrected chi connectivity index (χ0v) is 19.3. The van der Waals surface area contributed by atoms with Gasteiger partial charge in [0.1, 0.15) is 5.75 Å². The Kier molecular flexibility index (Phi) is 6.96. The predicted molar refractivity (Wildman–Crippen MR) is 127 cm³/mol. The maximum Gasteiger partial charge on any atom is 0.230 e. The molecule has 2 aromatic rings. The first-order valence-corrected chi connectivity index (χ1v) is 11.7. The number of unbranched alkanes of at least 4 members (excludes halogenated alkanes) is 1. The lowest BCUT2D eigenvalue weighted by Gasteiger charge is -2.28. The van der Waals surface area contributed by atoms with Crippen molar-refractivity contribution in [1.29, 1.82) is 0 Å². The molecule has 7 heteroatoms. The summed E-state index contributed by atoms with van der Waals surface area (Å²) in [4.78, 5) is 41.7. The fourth-order valence-corrected chi connectivity index (χ4v) is 4.71. The van der Waals surface area contributed by atoms with Crippen molar-refractivity contribution in [2.24, 2.45) is 5.92 Å². The molecular formula is C26H31N3O4. The third kappa shape index (κ3) is 4.87. The highest BCUT2D eigenvalue weighted by Gasteiger charge is 2.44. The number of benzene rings is 2. The standard InChI is InChI=1S/C26H31N3O4/c1-3-4-15-29-24(31)17-22(25(29)18-7-13-21(33-2)14-8-18)26(32)27-19-9-11-20(12-10-19)28-16-5-6-23(28)30/h7-14,22,25H,3-6,15-17H2,1-2H3,(H,27,32)/t22-,25-/m1/s1. The Morgan fingerprint density at radius 2 is 1.79 bits per heavy atom. The lowest BCUT2D eigenvalue weighted by molar-refractivity contribution is -0.129. The minimum atomic E-state index is -0.484. The van der Waals surface area contributed by atoms with Gasteiger partial charge in [-0.05, 0) is 54.8 Å². The van der Waals surface area contributed by atoms with Crippen molar-refractivity contribution in [3.8, 4) is 5.75 Å². The van der Waals surface area contributed by atoms with Crippen LogP contribution >= 0.6 is 0 Å². The van der Waals surface area contributed by atoms with E-state index in [1.807, 2.05) is 53.4 Å². The highest BCUT2D eigenvalue weighted by molar-refractivity contribution is 5.99. The van der Waals surface area contributed by atoms with E-state index in [4.69, 9.17) is 4.74 Å². The second-order valence-corrected chi connectivity index (χ2v) is 8.65. The van der Waals surface area contributed by atoms with Crippen LogP contribution < -0.4 is 15.0 Å². The number of carbonyl (C=O) groups is 3. The van der Waals surface area contributed by atoms with E-state index in [2.05, 4.69) is 12.2 Å². The van der Waals surface area contributed by atoms with Gasteiger partial charge in [-0.3, -0.25) is 14.4 Å². The maximum atomic E-state index is 13.3. The number of nitrogens with one attached hydrogen (secondary N) is 1. The number of carbonyl (C=O) groups excluding carboxylic acids is 3. The van der Waals surface area contributed by atoms with Gasteiger partial charge < -0.3 is 19.9 Å². The first-order valence-electron chi connectivity index (χ1n) is 11.7. The fourth-order valence-electron chi connectivity index (χ4n) is 4.71. The zero-order valence-electron chi connectivity index (χ0n) is 19.3. The van der Waals surface area contributed by atoms with E-state index in [1.54, 1.807) is 12.0 Å². The van der Waals surface area contributed by atoms with Crippen LogP contribution in [0.2, 0.25) is 0 Å². The van der Waals surface area contributed by atoms with Crippen LogP contribution in [0.4, 0.5) is 11.4 Å².